The minimum atomic E-state index is -0.510. The van der Waals surface area contributed by atoms with Crippen molar-refractivity contribution in [3.05, 3.63) is 311 Å². The molecule has 2 fully saturated rings. The first kappa shape index (κ1) is 97.2. The fraction of sp³-hybridized carbons (Fsp3) is 0.252. The van der Waals surface area contributed by atoms with Crippen LogP contribution in [0.25, 0.3) is 43.1 Å². The molecule has 0 unspecified atom stereocenters. The number of pyridine rings is 4. The highest BCUT2D eigenvalue weighted by Crippen LogP contribution is 2.33. The lowest BCUT2D eigenvalue weighted by atomic mass is 9.82. The van der Waals surface area contributed by atoms with Gasteiger partial charge in [0.2, 0.25) is 0 Å². The van der Waals surface area contributed by atoms with Crippen molar-refractivity contribution < 1.29 is 28.7 Å². The maximum Gasteiger partial charge on any atom is 0.407 e. The average molecular weight is 1840 g/mol. The standard InChI is InChI=1S/C30H32ClN3O3.C30H28ClN3O2.C26H27ClN4O.C21H18ClN5/c1-30(2,3)37-29(36)34-24-13-6-20(7-14-24)16-27(35)21-9-4-19(5-10-21)8-15-25-26-17-23(31)12-11-22(26)18-33-28(25)32;1-34(2)17-18-36-26-13-5-22(6-14-26)8-16-29(35)23-9-3-21(4-10-23)7-15-27-28-19-25(31)12-11-24(28)20-33-30(27)32;1-30(13-4-16-31-14-2-3-15-31)26(32)20-8-5-19(6-9-20)7-12-23-24-17-22(27)11-10-21(24)18-29-25(23)28;1-13(26-12-20(23)24)15-4-2-3-14(9-15)5-8-18-19-10-17(22)7-6-16(19)11-27-21(18)25/h4-5,9-12,17-18,20,24H,6-7,13-14,16H2,1-3H3,(H2,32,33)(H,34,36);3-6,9-14,19-20H,8,16-18H2,1-2H3,(H2,32,33);5-6,8-11,17-18H,2-4,13-16H2,1H3,(H2,28,29);2-4,6-7,9-11H,12H2,1H3,(H3,23,24)(H2,25,27). The first-order chi connectivity index (χ1) is 63.4. The second kappa shape index (κ2) is 46.6. The molecule has 0 radical (unpaired) electrons. The van der Waals surface area contributed by atoms with Crippen LogP contribution in [0.3, 0.4) is 0 Å². The van der Waals surface area contributed by atoms with Gasteiger partial charge >= 0.3 is 6.09 Å². The van der Waals surface area contributed by atoms with Crippen molar-refractivity contribution in [2.75, 3.05) is 90.0 Å². The van der Waals surface area contributed by atoms with Gasteiger partial charge in [0.15, 0.2) is 11.6 Å². The molecule has 5 heterocycles. The fourth-order valence-corrected chi connectivity index (χ4v) is 15.6. The predicted octanol–water partition coefficient (Wildman–Crippen LogP) is 20.2. The third-order valence-corrected chi connectivity index (χ3v) is 23.0. The topological polar surface area (TPSA) is 326 Å². The molecule has 1 aliphatic carbocycles. The van der Waals surface area contributed by atoms with Crippen molar-refractivity contribution in [3.63, 3.8) is 0 Å². The minimum Gasteiger partial charge on any atom is -0.492 e. The lowest BCUT2D eigenvalue weighted by Gasteiger charge is -2.29. The Kier molecular flexibility index (Phi) is 34.3. The minimum absolute atomic E-state index is 0.0305. The van der Waals surface area contributed by atoms with Gasteiger partial charge < -0.3 is 58.2 Å². The van der Waals surface area contributed by atoms with Crippen LogP contribution in [-0.2, 0) is 11.2 Å². The number of ketones is 2. The zero-order valence-electron chi connectivity index (χ0n) is 74.9. The van der Waals surface area contributed by atoms with Crippen molar-refractivity contribution in [2.45, 2.75) is 104 Å². The number of halogens is 4. The van der Waals surface area contributed by atoms with Crippen molar-refractivity contribution in [1.82, 2.24) is 40.0 Å². The number of nitrogens with one attached hydrogen (secondary N) is 2. The molecule has 672 valence electrons. The number of nitrogen functional groups attached to an aromatic ring is 4. The summed E-state index contributed by atoms with van der Waals surface area (Å²) in [5.74, 6) is 27.9. The summed E-state index contributed by atoms with van der Waals surface area (Å²) in [5, 5.41) is 19.9. The number of anilines is 4. The lowest BCUT2D eigenvalue weighted by molar-refractivity contribution is 0.0484. The van der Waals surface area contributed by atoms with Crippen LogP contribution in [0.5, 0.6) is 5.75 Å². The summed E-state index contributed by atoms with van der Waals surface area (Å²) in [5.41, 5.74) is 39.7. The average Bonchev–Trinajstić information content (AvgIpc) is 0.887. The number of benzene rings is 9. The summed E-state index contributed by atoms with van der Waals surface area (Å²) in [7, 11) is 5.89. The van der Waals surface area contributed by atoms with E-state index in [1.54, 1.807) is 35.8 Å². The van der Waals surface area contributed by atoms with Crippen molar-refractivity contribution >= 4 is 148 Å². The summed E-state index contributed by atoms with van der Waals surface area (Å²) < 4.78 is 11.1. The number of likely N-dealkylation sites (N-methyl/N-ethyl adjacent to an activating group) is 1. The van der Waals surface area contributed by atoms with E-state index in [2.05, 4.69) is 87.4 Å². The highest BCUT2D eigenvalue weighted by atomic mass is 35.5. The Hall–Kier alpha value is -13.8. The molecule has 2 aliphatic rings. The number of fused-ring (bicyclic) bond motifs is 4. The summed E-state index contributed by atoms with van der Waals surface area (Å²) in [6, 6.07) is 60.0. The first-order valence-electron chi connectivity index (χ1n) is 43.5. The molecule has 2 amide bonds. The quantitative estimate of drug-likeness (QED) is 0.0161. The monoisotopic (exact) mass is 1840 g/mol. The Morgan fingerprint density at radius 1 is 0.515 bits per heavy atom. The van der Waals surface area contributed by atoms with Gasteiger partial charge in [0.25, 0.3) is 5.91 Å². The van der Waals surface area contributed by atoms with E-state index in [0.717, 1.165) is 140 Å². The zero-order chi connectivity index (χ0) is 94.0. The molecule has 15 rings (SSSR count). The van der Waals surface area contributed by atoms with Gasteiger partial charge in [-0.25, -0.2) is 24.7 Å². The second-order valence-electron chi connectivity index (χ2n) is 33.6. The van der Waals surface area contributed by atoms with Crippen LogP contribution in [-0.4, -0.2) is 148 Å². The van der Waals surface area contributed by atoms with Gasteiger partial charge in [-0.05, 0) is 251 Å². The van der Waals surface area contributed by atoms with E-state index in [1.807, 2.05) is 237 Å². The van der Waals surface area contributed by atoms with Crippen LogP contribution in [0, 0.1) is 58.7 Å². The van der Waals surface area contributed by atoms with Gasteiger partial charge in [0.1, 0.15) is 47.1 Å². The second-order valence-corrected chi connectivity index (χ2v) is 35.3. The Bertz CT molecular complexity index is 6660. The molecular formula is C107H105Cl4N15O6. The maximum atomic E-state index is 12.9. The molecule has 4 aromatic heterocycles. The Balaban J connectivity index is 0.000000160. The third kappa shape index (κ3) is 28.6. The largest absolute Gasteiger partial charge is 0.492 e. The molecule has 132 heavy (non-hydrogen) atoms. The molecule has 12 N–H and O–H groups in total. The normalized spacial score (nSPS) is 13.4. The number of aromatic nitrogens is 4. The molecule has 9 aromatic carbocycles. The number of alkyl carbamates (subject to hydrolysis) is 1. The molecule has 1 saturated heterocycles. The molecule has 1 saturated carbocycles. The molecule has 0 atom stereocenters. The van der Waals surface area contributed by atoms with E-state index in [-0.39, 0.29) is 42.0 Å². The number of ether oxygens (including phenoxy) is 2. The molecule has 0 spiro atoms. The molecule has 0 bridgehead atoms. The van der Waals surface area contributed by atoms with Crippen LogP contribution in [0.1, 0.15) is 172 Å². The Morgan fingerprint density at radius 3 is 1.36 bits per heavy atom. The van der Waals surface area contributed by atoms with Crippen LogP contribution < -0.4 is 38.7 Å². The number of carbonyl (C=O) groups excluding carboxylic acids is 4. The number of aryl methyl sites for hydroxylation is 1. The number of hydrogen-bond donors (Lipinski definition) is 7. The molecule has 1 aliphatic heterocycles. The number of amidine groups is 1. The fourth-order valence-electron chi connectivity index (χ4n) is 14.9. The van der Waals surface area contributed by atoms with Crippen molar-refractivity contribution in [2.24, 2.45) is 16.6 Å². The number of hydrogen-bond acceptors (Lipinski definition) is 18. The third-order valence-electron chi connectivity index (χ3n) is 22.1. The van der Waals surface area contributed by atoms with Gasteiger partial charge in [-0.3, -0.25) is 24.8 Å². The maximum absolute atomic E-state index is 12.9. The molecule has 21 nitrogen and oxygen atoms in total. The number of nitrogens with two attached hydrogens (primary N) is 5. The van der Waals surface area contributed by atoms with Gasteiger partial charge in [-0.2, -0.15) is 0 Å². The van der Waals surface area contributed by atoms with Crippen molar-refractivity contribution in [1.29, 1.82) is 5.41 Å². The number of likely N-dealkylation sites (tertiary alicyclic amines) is 1. The van der Waals surface area contributed by atoms with E-state index >= 15 is 0 Å². The summed E-state index contributed by atoms with van der Waals surface area (Å²) in [4.78, 5) is 77.9. The van der Waals surface area contributed by atoms with Gasteiger partial charge in [0, 0.05) is 172 Å². The van der Waals surface area contributed by atoms with E-state index in [1.165, 1.54) is 25.9 Å². The van der Waals surface area contributed by atoms with E-state index in [9.17, 15) is 19.2 Å². The van der Waals surface area contributed by atoms with Crippen LogP contribution in [0.15, 0.2) is 224 Å². The number of rotatable bonds is 20. The number of nitrogens with zero attached hydrogens (tertiary/aromatic N) is 8. The smallest absolute Gasteiger partial charge is 0.407 e. The van der Waals surface area contributed by atoms with Gasteiger partial charge in [-0.1, -0.05) is 167 Å². The molecular weight excluding hydrogens is 1730 g/mol. The highest BCUT2D eigenvalue weighted by molar-refractivity contribution is 6.32. The summed E-state index contributed by atoms with van der Waals surface area (Å²) in [6.07, 6.45) is 15.2. The number of amides is 2. The predicted molar refractivity (Wildman–Crippen MR) is 538 cm³/mol. The van der Waals surface area contributed by atoms with E-state index in [0.29, 0.717) is 114 Å². The highest BCUT2D eigenvalue weighted by Gasteiger charge is 2.27. The van der Waals surface area contributed by atoms with Crippen LogP contribution >= 0.6 is 46.4 Å². The van der Waals surface area contributed by atoms with Gasteiger partial charge in [-0.15, -0.1) is 0 Å². The SMILES string of the molecule is CC(=NCC(=N)N)c1cccc(C#Cc2c(N)ncc3ccc(Cl)cc23)c1.CC(C)(C)OC(=O)NC1CCC(CC(=O)c2ccc(C#Cc3c(N)ncc4ccc(Cl)cc34)cc2)CC1.CN(C)CCOc1ccc(CCC(=O)c2ccc(C#Cc3c(N)ncc4ccc(Cl)cc34)cc2)cc1.CN(CCCN1CCCC1)C(=O)c1ccc(C#Cc2c(N)ncc3ccc(Cl)cc23)cc1. The number of Topliss-reactive ketones (excluding diaryl/α,β-unsaturated/α-hetero) is 2. The Morgan fingerprint density at radius 2 is 0.939 bits per heavy atom. The van der Waals surface area contributed by atoms with Gasteiger partial charge in [0.05, 0.1) is 28.8 Å². The van der Waals surface area contributed by atoms with E-state index in [4.69, 9.17) is 90.0 Å². The number of carbonyl (C=O) groups is 4. The summed E-state index contributed by atoms with van der Waals surface area (Å²) in [6.45, 7) is 13.3. The van der Waals surface area contributed by atoms with E-state index < -0.39 is 5.60 Å². The van der Waals surface area contributed by atoms with Crippen LogP contribution in [0.4, 0.5) is 28.1 Å². The molecule has 25 heteroatoms. The zero-order valence-corrected chi connectivity index (χ0v) is 77.9. The first-order valence-corrected chi connectivity index (χ1v) is 45.0. The molecule has 13 aromatic rings. The van der Waals surface area contributed by atoms with Crippen LogP contribution in [0.2, 0.25) is 20.1 Å². The number of aliphatic imine (C=N–C) groups is 1. The lowest BCUT2D eigenvalue weighted by Crippen LogP contribution is -2.41. The summed E-state index contributed by atoms with van der Waals surface area (Å²) >= 11 is 24.6. The van der Waals surface area contributed by atoms with Crippen molar-refractivity contribution in [3.8, 4) is 53.1 Å². The Labute approximate surface area is 791 Å².